The van der Waals surface area contributed by atoms with Crippen molar-refractivity contribution in [1.29, 1.82) is 0 Å². The van der Waals surface area contributed by atoms with E-state index in [2.05, 4.69) is 93.5 Å². The van der Waals surface area contributed by atoms with Crippen LogP contribution in [-0.2, 0) is 6.42 Å². The third-order valence-electron chi connectivity index (χ3n) is 3.31. The fraction of sp³-hybridized carbons (Fsp3) is 0.294. The molecular formula is C17H19Br2N. The summed E-state index contributed by atoms with van der Waals surface area (Å²) in [5, 5.41) is 3.59. The van der Waals surface area contributed by atoms with Crippen molar-refractivity contribution in [1.82, 2.24) is 5.32 Å². The van der Waals surface area contributed by atoms with Gasteiger partial charge in [-0.15, -0.1) is 0 Å². The highest BCUT2D eigenvalue weighted by molar-refractivity contribution is 9.10. The van der Waals surface area contributed by atoms with Crippen LogP contribution in [0.2, 0.25) is 0 Å². The van der Waals surface area contributed by atoms with E-state index in [-0.39, 0.29) is 0 Å². The summed E-state index contributed by atoms with van der Waals surface area (Å²) in [5.74, 6) is 0. The zero-order chi connectivity index (χ0) is 14.5. The molecule has 1 unspecified atom stereocenters. The summed E-state index contributed by atoms with van der Waals surface area (Å²) in [6.07, 6.45) is 0.981. The predicted octanol–water partition coefficient (Wildman–Crippen LogP) is 5.41. The Hall–Kier alpha value is -0.640. The molecular weight excluding hydrogens is 378 g/mol. The van der Waals surface area contributed by atoms with E-state index in [1.165, 1.54) is 21.2 Å². The Kier molecular flexibility index (Phi) is 5.82. The van der Waals surface area contributed by atoms with Crippen molar-refractivity contribution in [3.8, 4) is 0 Å². The highest BCUT2D eigenvalue weighted by Gasteiger charge is 2.14. The third kappa shape index (κ3) is 4.18. The van der Waals surface area contributed by atoms with Crippen LogP contribution in [0.5, 0.6) is 0 Å². The molecule has 2 aromatic carbocycles. The zero-order valence-electron chi connectivity index (χ0n) is 11.8. The minimum atomic E-state index is 0.323. The van der Waals surface area contributed by atoms with E-state index in [0.29, 0.717) is 6.04 Å². The Balaban J connectivity index is 2.29. The molecule has 0 aromatic heterocycles. The van der Waals surface area contributed by atoms with Crippen molar-refractivity contribution >= 4 is 31.9 Å². The Morgan fingerprint density at radius 2 is 1.90 bits per heavy atom. The molecule has 2 rings (SSSR count). The van der Waals surface area contributed by atoms with Gasteiger partial charge in [0.05, 0.1) is 0 Å². The molecule has 0 aliphatic rings. The number of benzene rings is 2. The molecule has 1 nitrogen and oxygen atoms in total. The molecule has 20 heavy (non-hydrogen) atoms. The van der Waals surface area contributed by atoms with Crippen LogP contribution in [0.4, 0.5) is 0 Å². The van der Waals surface area contributed by atoms with Crippen LogP contribution in [0.1, 0.15) is 29.7 Å². The molecule has 0 fully saturated rings. The van der Waals surface area contributed by atoms with Crippen molar-refractivity contribution in [2.24, 2.45) is 0 Å². The molecule has 0 aliphatic carbocycles. The molecule has 0 heterocycles. The van der Waals surface area contributed by atoms with Crippen LogP contribution in [0, 0.1) is 6.92 Å². The summed E-state index contributed by atoms with van der Waals surface area (Å²) in [7, 11) is 0. The molecule has 0 aliphatic heterocycles. The van der Waals surface area contributed by atoms with Gasteiger partial charge in [-0.1, -0.05) is 68.6 Å². The van der Waals surface area contributed by atoms with E-state index in [1.807, 2.05) is 0 Å². The van der Waals surface area contributed by atoms with E-state index in [9.17, 15) is 0 Å². The first-order valence-electron chi connectivity index (χ1n) is 6.84. The van der Waals surface area contributed by atoms with Gasteiger partial charge in [-0.25, -0.2) is 0 Å². The fourth-order valence-electron chi connectivity index (χ4n) is 2.37. The molecule has 2 aromatic rings. The summed E-state index contributed by atoms with van der Waals surface area (Å²) >= 11 is 7.22. The minimum absolute atomic E-state index is 0.323. The summed E-state index contributed by atoms with van der Waals surface area (Å²) < 4.78 is 2.30. The second-order valence-corrected chi connectivity index (χ2v) is 6.74. The molecule has 0 saturated heterocycles. The first kappa shape index (κ1) is 15.7. The van der Waals surface area contributed by atoms with Crippen molar-refractivity contribution in [3.63, 3.8) is 0 Å². The van der Waals surface area contributed by atoms with Crippen LogP contribution >= 0.6 is 31.9 Å². The first-order valence-corrected chi connectivity index (χ1v) is 8.42. The zero-order valence-corrected chi connectivity index (χ0v) is 15.0. The van der Waals surface area contributed by atoms with Gasteiger partial charge in [0.15, 0.2) is 0 Å². The second-order valence-electron chi connectivity index (χ2n) is 4.97. The van der Waals surface area contributed by atoms with Gasteiger partial charge in [0.2, 0.25) is 0 Å². The molecule has 0 bridgehead atoms. The highest BCUT2D eigenvalue weighted by atomic mass is 79.9. The largest absolute Gasteiger partial charge is 0.310 e. The summed E-state index contributed by atoms with van der Waals surface area (Å²) in [5.41, 5.74) is 3.95. The Morgan fingerprint density at radius 1 is 1.10 bits per heavy atom. The standard InChI is InChI=1S/C17H19Br2N/c1-3-20-17(11-13-5-4-6-14(18)10-13)15-9-12(2)7-8-16(15)19/h4-10,17,20H,3,11H2,1-2H3. The minimum Gasteiger partial charge on any atom is -0.310 e. The van der Waals surface area contributed by atoms with Gasteiger partial charge in [0.1, 0.15) is 0 Å². The molecule has 106 valence electrons. The normalized spacial score (nSPS) is 12.4. The van der Waals surface area contributed by atoms with Crippen LogP contribution in [0.3, 0.4) is 0 Å². The van der Waals surface area contributed by atoms with Crippen molar-refractivity contribution in [3.05, 3.63) is 68.1 Å². The number of likely N-dealkylation sites (N-methyl/N-ethyl adjacent to an activating group) is 1. The SMILES string of the molecule is CCNC(Cc1cccc(Br)c1)c1cc(C)ccc1Br. The van der Waals surface area contributed by atoms with E-state index in [0.717, 1.165) is 17.4 Å². The van der Waals surface area contributed by atoms with E-state index >= 15 is 0 Å². The van der Waals surface area contributed by atoms with Gasteiger partial charge in [-0.3, -0.25) is 0 Å². The molecule has 0 amide bonds. The monoisotopic (exact) mass is 395 g/mol. The van der Waals surface area contributed by atoms with E-state index < -0.39 is 0 Å². The predicted molar refractivity (Wildman–Crippen MR) is 93.1 cm³/mol. The van der Waals surface area contributed by atoms with Gasteiger partial charge in [-0.2, -0.15) is 0 Å². The van der Waals surface area contributed by atoms with Crippen LogP contribution in [-0.4, -0.2) is 6.54 Å². The van der Waals surface area contributed by atoms with Crippen LogP contribution in [0.15, 0.2) is 51.4 Å². The Bertz CT molecular complexity index is 581. The average Bonchev–Trinajstić information content (AvgIpc) is 2.41. The van der Waals surface area contributed by atoms with E-state index in [4.69, 9.17) is 0 Å². The lowest BCUT2D eigenvalue weighted by Crippen LogP contribution is -2.23. The quantitative estimate of drug-likeness (QED) is 0.711. The smallest absolute Gasteiger partial charge is 0.0372 e. The van der Waals surface area contributed by atoms with Gasteiger partial charge in [0, 0.05) is 15.0 Å². The number of halogens is 2. The number of nitrogens with one attached hydrogen (secondary N) is 1. The molecule has 0 saturated carbocycles. The fourth-order valence-corrected chi connectivity index (χ4v) is 3.34. The molecule has 0 spiro atoms. The van der Waals surface area contributed by atoms with Gasteiger partial charge in [0.25, 0.3) is 0 Å². The Labute approximate surface area is 138 Å². The van der Waals surface area contributed by atoms with E-state index in [1.54, 1.807) is 0 Å². The second kappa shape index (κ2) is 7.39. The van der Waals surface area contributed by atoms with Crippen molar-refractivity contribution in [2.75, 3.05) is 6.54 Å². The number of hydrogen-bond donors (Lipinski definition) is 1. The molecule has 3 heteroatoms. The number of aryl methyl sites for hydroxylation is 1. The number of rotatable bonds is 5. The maximum absolute atomic E-state index is 3.68. The van der Waals surface area contributed by atoms with Gasteiger partial charge in [-0.05, 0) is 49.2 Å². The molecule has 0 radical (unpaired) electrons. The lowest BCUT2D eigenvalue weighted by molar-refractivity contribution is 0.547. The third-order valence-corrected chi connectivity index (χ3v) is 4.52. The lowest BCUT2D eigenvalue weighted by atomic mass is 9.97. The van der Waals surface area contributed by atoms with Crippen molar-refractivity contribution < 1.29 is 0 Å². The summed E-state index contributed by atoms with van der Waals surface area (Å²) in [6, 6.07) is 15.4. The summed E-state index contributed by atoms with van der Waals surface area (Å²) in [6.45, 7) is 5.24. The van der Waals surface area contributed by atoms with Gasteiger partial charge < -0.3 is 5.32 Å². The maximum Gasteiger partial charge on any atom is 0.0372 e. The first-order chi connectivity index (χ1) is 9.60. The molecule has 1 N–H and O–H groups in total. The average molecular weight is 397 g/mol. The van der Waals surface area contributed by atoms with Crippen LogP contribution < -0.4 is 5.32 Å². The highest BCUT2D eigenvalue weighted by Crippen LogP contribution is 2.28. The summed E-state index contributed by atoms with van der Waals surface area (Å²) in [4.78, 5) is 0. The maximum atomic E-state index is 3.68. The van der Waals surface area contributed by atoms with Crippen molar-refractivity contribution in [2.45, 2.75) is 26.3 Å². The van der Waals surface area contributed by atoms with Crippen LogP contribution in [0.25, 0.3) is 0 Å². The van der Waals surface area contributed by atoms with Gasteiger partial charge >= 0.3 is 0 Å². The Morgan fingerprint density at radius 3 is 2.60 bits per heavy atom. The lowest BCUT2D eigenvalue weighted by Gasteiger charge is -2.20. The topological polar surface area (TPSA) is 12.0 Å². The number of hydrogen-bond acceptors (Lipinski definition) is 1. The molecule has 1 atom stereocenters.